The first-order valence-corrected chi connectivity index (χ1v) is 9.10. The van der Waals surface area contributed by atoms with Gasteiger partial charge < -0.3 is 24.8 Å². The third-order valence-corrected chi connectivity index (χ3v) is 4.35. The van der Waals surface area contributed by atoms with Crippen molar-refractivity contribution in [1.82, 2.24) is 20.2 Å². The molecule has 0 saturated carbocycles. The van der Waals surface area contributed by atoms with Crippen LogP contribution in [0.4, 0.5) is 11.6 Å². The SMILES string of the molecule is COc1ccc(Nc2nccc(C(=O)NCCN3CCOCC3)n2)cc1OC. The number of morpholine rings is 1. The Labute approximate surface area is 164 Å². The lowest BCUT2D eigenvalue weighted by atomic mass is 10.2. The van der Waals surface area contributed by atoms with E-state index in [0.29, 0.717) is 29.7 Å². The van der Waals surface area contributed by atoms with Gasteiger partial charge in [0.15, 0.2) is 11.5 Å². The van der Waals surface area contributed by atoms with Crippen LogP contribution in [-0.4, -0.2) is 74.4 Å². The molecule has 3 rings (SSSR count). The maximum atomic E-state index is 12.4. The Kier molecular flexibility index (Phi) is 6.99. The molecule has 28 heavy (non-hydrogen) atoms. The first kappa shape index (κ1) is 19.8. The molecule has 0 aliphatic carbocycles. The third-order valence-electron chi connectivity index (χ3n) is 4.35. The van der Waals surface area contributed by atoms with E-state index in [-0.39, 0.29) is 5.91 Å². The molecule has 1 fully saturated rings. The van der Waals surface area contributed by atoms with Crippen LogP contribution in [0.15, 0.2) is 30.5 Å². The number of anilines is 2. The number of carbonyl (C=O) groups excluding carboxylic acids is 1. The van der Waals surface area contributed by atoms with Crippen molar-refractivity contribution < 1.29 is 19.0 Å². The minimum atomic E-state index is -0.231. The molecule has 2 aromatic rings. The Bertz CT molecular complexity index is 796. The zero-order valence-electron chi connectivity index (χ0n) is 16.1. The summed E-state index contributed by atoms with van der Waals surface area (Å²) in [7, 11) is 3.15. The van der Waals surface area contributed by atoms with Crippen LogP contribution < -0.4 is 20.1 Å². The standard InChI is InChI=1S/C19H25N5O4/c1-26-16-4-3-14(13-17(16)27-2)22-19-21-6-5-15(23-19)18(25)20-7-8-24-9-11-28-12-10-24/h3-6,13H,7-12H2,1-2H3,(H,20,25)(H,21,22,23). The van der Waals surface area contributed by atoms with Crippen molar-refractivity contribution >= 4 is 17.5 Å². The molecule has 9 heteroatoms. The molecule has 2 heterocycles. The van der Waals surface area contributed by atoms with Crippen molar-refractivity contribution in [2.45, 2.75) is 0 Å². The van der Waals surface area contributed by atoms with Gasteiger partial charge in [-0.1, -0.05) is 0 Å². The predicted octanol–water partition coefficient (Wildman–Crippen LogP) is 1.30. The van der Waals surface area contributed by atoms with Gasteiger partial charge in [-0.25, -0.2) is 9.97 Å². The fourth-order valence-corrected chi connectivity index (χ4v) is 2.83. The van der Waals surface area contributed by atoms with Crippen LogP contribution in [0.25, 0.3) is 0 Å². The largest absolute Gasteiger partial charge is 0.493 e. The summed E-state index contributed by atoms with van der Waals surface area (Å²) in [5, 5.41) is 5.97. The van der Waals surface area contributed by atoms with Crippen LogP contribution in [0.1, 0.15) is 10.5 Å². The predicted molar refractivity (Wildman–Crippen MR) is 104 cm³/mol. The molecule has 1 aromatic carbocycles. The lowest BCUT2D eigenvalue weighted by Crippen LogP contribution is -2.41. The smallest absolute Gasteiger partial charge is 0.270 e. The van der Waals surface area contributed by atoms with Crippen LogP contribution in [-0.2, 0) is 4.74 Å². The Balaban J connectivity index is 1.57. The second-order valence-corrected chi connectivity index (χ2v) is 6.17. The summed E-state index contributed by atoms with van der Waals surface area (Å²) < 4.78 is 15.8. The fraction of sp³-hybridized carbons (Fsp3) is 0.421. The van der Waals surface area contributed by atoms with Gasteiger partial charge in [0.2, 0.25) is 5.95 Å². The number of methoxy groups -OCH3 is 2. The number of carbonyl (C=O) groups is 1. The first-order chi connectivity index (χ1) is 13.7. The Morgan fingerprint density at radius 2 is 1.96 bits per heavy atom. The molecule has 1 aliphatic heterocycles. The van der Waals surface area contributed by atoms with Crippen molar-refractivity contribution in [3.8, 4) is 11.5 Å². The summed E-state index contributed by atoms with van der Waals surface area (Å²) in [5.41, 5.74) is 1.03. The normalized spacial score (nSPS) is 14.4. The summed E-state index contributed by atoms with van der Waals surface area (Å²) in [5.74, 6) is 1.31. The van der Waals surface area contributed by atoms with Crippen LogP contribution in [0.3, 0.4) is 0 Å². The van der Waals surface area contributed by atoms with Crippen molar-refractivity contribution in [1.29, 1.82) is 0 Å². The lowest BCUT2D eigenvalue weighted by molar-refractivity contribution is 0.0383. The number of aromatic nitrogens is 2. The van der Waals surface area contributed by atoms with Gasteiger partial charge in [0.1, 0.15) is 5.69 Å². The molecule has 1 saturated heterocycles. The summed E-state index contributed by atoms with van der Waals surface area (Å²) in [4.78, 5) is 23.1. The van der Waals surface area contributed by atoms with Crippen molar-refractivity contribution in [3.63, 3.8) is 0 Å². The second-order valence-electron chi connectivity index (χ2n) is 6.17. The highest BCUT2D eigenvalue weighted by atomic mass is 16.5. The van der Waals surface area contributed by atoms with Gasteiger partial charge in [-0.2, -0.15) is 0 Å². The Morgan fingerprint density at radius 1 is 1.18 bits per heavy atom. The van der Waals surface area contributed by atoms with Crippen molar-refractivity contribution in [2.24, 2.45) is 0 Å². The number of nitrogens with one attached hydrogen (secondary N) is 2. The summed E-state index contributed by atoms with van der Waals surface area (Å²) in [6, 6.07) is 6.96. The van der Waals surface area contributed by atoms with E-state index < -0.39 is 0 Å². The highest BCUT2D eigenvalue weighted by molar-refractivity contribution is 5.92. The highest BCUT2D eigenvalue weighted by Crippen LogP contribution is 2.30. The molecule has 0 atom stereocenters. The van der Waals surface area contributed by atoms with E-state index in [1.165, 1.54) is 0 Å². The number of benzene rings is 1. The van der Waals surface area contributed by atoms with Gasteiger partial charge in [-0.15, -0.1) is 0 Å². The molecule has 9 nitrogen and oxygen atoms in total. The zero-order valence-corrected chi connectivity index (χ0v) is 16.1. The molecule has 0 unspecified atom stereocenters. The van der Waals surface area contributed by atoms with Crippen LogP contribution in [0.5, 0.6) is 11.5 Å². The molecule has 150 valence electrons. The van der Waals surface area contributed by atoms with Gasteiger partial charge in [0.05, 0.1) is 27.4 Å². The molecular weight excluding hydrogens is 362 g/mol. The van der Waals surface area contributed by atoms with Gasteiger partial charge in [-0.05, 0) is 18.2 Å². The third kappa shape index (κ3) is 5.30. The van der Waals surface area contributed by atoms with E-state index in [2.05, 4.69) is 25.5 Å². The lowest BCUT2D eigenvalue weighted by Gasteiger charge is -2.26. The maximum absolute atomic E-state index is 12.4. The number of nitrogens with zero attached hydrogens (tertiary/aromatic N) is 3. The van der Waals surface area contributed by atoms with Gasteiger partial charge >= 0.3 is 0 Å². The molecule has 0 spiro atoms. The number of hydrogen-bond donors (Lipinski definition) is 2. The highest BCUT2D eigenvalue weighted by Gasteiger charge is 2.12. The van der Waals surface area contributed by atoms with E-state index in [4.69, 9.17) is 14.2 Å². The summed E-state index contributed by atoms with van der Waals surface area (Å²) >= 11 is 0. The van der Waals surface area contributed by atoms with Crippen molar-refractivity contribution in [2.75, 3.05) is 58.9 Å². The Hall–Kier alpha value is -2.91. The van der Waals surface area contributed by atoms with Crippen molar-refractivity contribution in [3.05, 3.63) is 36.2 Å². The molecule has 0 bridgehead atoms. The molecule has 1 aliphatic rings. The van der Waals surface area contributed by atoms with E-state index in [0.717, 1.165) is 38.5 Å². The average molecular weight is 387 g/mol. The van der Waals surface area contributed by atoms with E-state index in [1.807, 2.05) is 6.07 Å². The van der Waals surface area contributed by atoms with Crippen LogP contribution in [0.2, 0.25) is 0 Å². The molecular formula is C19H25N5O4. The topological polar surface area (TPSA) is 97.8 Å². The quantitative estimate of drug-likeness (QED) is 0.700. The number of ether oxygens (including phenoxy) is 3. The van der Waals surface area contributed by atoms with E-state index in [9.17, 15) is 4.79 Å². The van der Waals surface area contributed by atoms with Gasteiger partial charge in [0, 0.05) is 44.1 Å². The molecule has 1 amide bonds. The molecule has 2 N–H and O–H groups in total. The fourth-order valence-electron chi connectivity index (χ4n) is 2.83. The molecule has 1 aromatic heterocycles. The molecule has 0 radical (unpaired) electrons. The number of hydrogen-bond acceptors (Lipinski definition) is 8. The second kappa shape index (κ2) is 9.86. The van der Waals surface area contributed by atoms with E-state index >= 15 is 0 Å². The number of amides is 1. The number of rotatable bonds is 8. The summed E-state index contributed by atoms with van der Waals surface area (Å²) in [6.07, 6.45) is 1.55. The summed E-state index contributed by atoms with van der Waals surface area (Å²) in [6.45, 7) is 4.61. The average Bonchev–Trinajstić information content (AvgIpc) is 2.74. The minimum absolute atomic E-state index is 0.231. The zero-order chi connectivity index (χ0) is 19.8. The maximum Gasteiger partial charge on any atom is 0.270 e. The Morgan fingerprint density at radius 3 is 2.71 bits per heavy atom. The van der Waals surface area contributed by atoms with Crippen LogP contribution >= 0.6 is 0 Å². The first-order valence-electron chi connectivity index (χ1n) is 9.10. The minimum Gasteiger partial charge on any atom is -0.493 e. The van der Waals surface area contributed by atoms with Gasteiger partial charge in [-0.3, -0.25) is 9.69 Å². The monoisotopic (exact) mass is 387 g/mol. The van der Waals surface area contributed by atoms with Crippen LogP contribution in [0, 0.1) is 0 Å². The van der Waals surface area contributed by atoms with Gasteiger partial charge in [0.25, 0.3) is 5.91 Å². The van der Waals surface area contributed by atoms with E-state index in [1.54, 1.807) is 38.6 Å².